The van der Waals surface area contributed by atoms with Crippen molar-refractivity contribution in [3.8, 4) is 0 Å². The first-order valence-corrected chi connectivity index (χ1v) is 6.11. The number of carbonyl (C=O) groups excluding carboxylic acids is 1. The Balaban J connectivity index is 3.13. The van der Waals surface area contributed by atoms with Crippen molar-refractivity contribution >= 4 is 5.97 Å². The smallest absolute Gasteiger partial charge is 0.293 e. The van der Waals surface area contributed by atoms with Gasteiger partial charge in [0.25, 0.3) is 0 Å². The molecular weight excluding hydrogens is 228 g/mol. The van der Waals surface area contributed by atoms with E-state index >= 15 is 0 Å². The molecule has 0 N–H and O–H groups in total. The molecule has 0 bridgehead atoms. The summed E-state index contributed by atoms with van der Waals surface area (Å²) in [6, 6.07) is 0. The second-order valence-corrected chi connectivity index (χ2v) is 4.55. The van der Waals surface area contributed by atoms with Crippen LogP contribution < -0.4 is 0 Å². The summed E-state index contributed by atoms with van der Waals surface area (Å²) in [6.45, 7) is 13.9. The van der Waals surface area contributed by atoms with Gasteiger partial charge in [0.05, 0.1) is 12.2 Å². The van der Waals surface area contributed by atoms with Crippen molar-refractivity contribution in [2.75, 3.05) is 6.61 Å². The molecule has 0 saturated heterocycles. The Hall–Kier alpha value is -1.35. The third-order valence-electron chi connectivity index (χ3n) is 3.57. The maximum atomic E-state index is 12.0. The van der Waals surface area contributed by atoms with Gasteiger partial charge in [-0.05, 0) is 68.9 Å². The van der Waals surface area contributed by atoms with E-state index in [9.17, 15) is 4.79 Å². The second kappa shape index (κ2) is 6.01. The zero-order valence-corrected chi connectivity index (χ0v) is 11.8. The molecule has 0 amide bonds. The highest BCUT2D eigenvalue weighted by Crippen LogP contribution is 2.26. The van der Waals surface area contributed by atoms with Gasteiger partial charge in [0.15, 0.2) is 0 Å². The lowest BCUT2D eigenvalue weighted by Crippen LogP contribution is -2.13. The second-order valence-electron chi connectivity index (χ2n) is 4.55. The van der Waals surface area contributed by atoms with E-state index in [4.69, 9.17) is 9.78 Å². The summed E-state index contributed by atoms with van der Waals surface area (Å²) in [5, 5.41) is 0. The van der Waals surface area contributed by atoms with Crippen LogP contribution in [0.25, 0.3) is 0 Å². The monoisotopic (exact) mass is 249 g/mol. The van der Waals surface area contributed by atoms with Crippen LogP contribution in [0.2, 0.25) is 0 Å². The Bertz CT molecular complexity index is 432. The summed E-state index contributed by atoms with van der Waals surface area (Å²) in [6.07, 6.45) is 0.567. The summed E-state index contributed by atoms with van der Waals surface area (Å²) in [5.74, 6) is -0.426. The third-order valence-corrected chi connectivity index (χ3v) is 3.57. The Labute approximate surface area is 109 Å². The molecule has 0 atom stereocenters. The molecule has 99 valence electrons. The molecule has 1 radical (unpaired) electrons. The van der Waals surface area contributed by atoms with Gasteiger partial charge in [-0.15, -0.1) is 0 Å². The molecule has 0 unspecified atom stereocenters. The van der Waals surface area contributed by atoms with Crippen molar-refractivity contribution < 1.29 is 14.6 Å². The molecule has 0 aromatic heterocycles. The first kappa shape index (κ1) is 14.7. The maximum Gasteiger partial charge on any atom is 0.373 e. The van der Waals surface area contributed by atoms with Gasteiger partial charge < -0.3 is 0 Å². The summed E-state index contributed by atoms with van der Waals surface area (Å²) in [4.78, 5) is 21.6. The predicted molar refractivity (Wildman–Crippen MR) is 71.5 cm³/mol. The van der Waals surface area contributed by atoms with Gasteiger partial charge in [-0.1, -0.05) is 6.92 Å². The van der Waals surface area contributed by atoms with E-state index in [2.05, 4.69) is 13.8 Å². The van der Waals surface area contributed by atoms with Crippen LogP contribution in [-0.2, 0) is 9.78 Å². The highest BCUT2D eigenvalue weighted by Gasteiger charge is 2.19. The van der Waals surface area contributed by atoms with Crippen LogP contribution in [0.15, 0.2) is 0 Å². The molecule has 0 fully saturated rings. The van der Waals surface area contributed by atoms with Crippen molar-refractivity contribution in [1.82, 2.24) is 0 Å². The molecule has 0 aliphatic rings. The standard InChI is InChI=1S/C15H21O3/c1-7-8-17-18-15(16)14-12(5)10(3)9(2)11(4)13(14)6/h1,7-8H2,2-6H3. The Kier molecular flexibility index (Phi) is 4.91. The van der Waals surface area contributed by atoms with E-state index in [-0.39, 0.29) is 0 Å². The molecule has 18 heavy (non-hydrogen) atoms. The fourth-order valence-electron chi connectivity index (χ4n) is 2.00. The SMILES string of the molecule is [CH2]CCOOC(=O)c1c(C)c(C)c(C)c(C)c1C. The van der Waals surface area contributed by atoms with Crippen molar-refractivity contribution in [1.29, 1.82) is 0 Å². The lowest BCUT2D eigenvalue weighted by atomic mass is 9.90. The van der Waals surface area contributed by atoms with Crippen LogP contribution in [0.1, 0.15) is 44.6 Å². The quantitative estimate of drug-likeness (QED) is 0.465. The van der Waals surface area contributed by atoms with Gasteiger partial charge in [-0.2, -0.15) is 4.89 Å². The van der Waals surface area contributed by atoms with E-state index in [1.54, 1.807) is 0 Å². The number of benzene rings is 1. The van der Waals surface area contributed by atoms with E-state index < -0.39 is 5.97 Å². The molecule has 0 spiro atoms. The Morgan fingerprint density at radius 3 is 1.83 bits per heavy atom. The summed E-state index contributed by atoms with van der Waals surface area (Å²) in [5.41, 5.74) is 6.00. The summed E-state index contributed by atoms with van der Waals surface area (Å²) < 4.78 is 0. The molecule has 1 aromatic rings. The molecule has 1 aromatic carbocycles. The van der Waals surface area contributed by atoms with Gasteiger partial charge >= 0.3 is 5.97 Å². The van der Waals surface area contributed by atoms with Crippen molar-refractivity contribution in [3.05, 3.63) is 40.3 Å². The number of hydrogen-bond acceptors (Lipinski definition) is 3. The summed E-state index contributed by atoms with van der Waals surface area (Å²) in [7, 11) is 0. The Morgan fingerprint density at radius 1 is 0.944 bits per heavy atom. The maximum absolute atomic E-state index is 12.0. The minimum atomic E-state index is -0.426. The summed E-state index contributed by atoms with van der Waals surface area (Å²) >= 11 is 0. The van der Waals surface area contributed by atoms with Gasteiger partial charge in [0, 0.05) is 0 Å². The van der Waals surface area contributed by atoms with Gasteiger partial charge in [-0.3, -0.25) is 4.89 Å². The fourth-order valence-corrected chi connectivity index (χ4v) is 2.00. The average Bonchev–Trinajstić information content (AvgIpc) is 2.34. The predicted octanol–water partition coefficient (Wildman–Crippen LogP) is 3.54. The highest BCUT2D eigenvalue weighted by atomic mass is 17.2. The third kappa shape index (κ3) is 2.72. The van der Waals surface area contributed by atoms with Crippen LogP contribution in [0, 0.1) is 41.5 Å². The average molecular weight is 249 g/mol. The minimum absolute atomic E-state index is 0.313. The molecule has 0 saturated carbocycles. The number of hydrogen-bond donors (Lipinski definition) is 0. The molecule has 1 rings (SSSR count). The van der Waals surface area contributed by atoms with E-state index in [0.717, 1.165) is 22.3 Å². The van der Waals surface area contributed by atoms with E-state index in [0.29, 0.717) is 18.6 Å². The zero-order chi connectivity index (χ0) is 13.9. The first-order chi connectivity index (χ1) is 8.41. The highest BCUT2D eigenvalue weighted by molar-refractivity contribution is 5.93. The van der Waals surface area contributed by atoms with E-state index in [1.807, 2.05) is 27.7 Å². The lowest BCUT2D eigenvalue weighted by Gasteiger charge is -2.16. The molecule has 3 heteroatoms. The first-order valence-electron chi connectivity index (χ1n) is 6.11. The number of rotatable bonds is 4. The fraction of sp³-hybridized carbons (Fsp3) is 0.467. The van der Waals surface area contributed by atoms with Gasteiger partial charge in [0.1, 0.15) is 0 Å². The van der Waals surface area contributed by atoms with Crippen LogP contribution in [0.3, 0.4) is 0 Å². The van der Waals surface area contributed by atoms with Crippen molar-refractivity contribution in [2.24, 2.45) is 0 Å². The topological polar surface area (TPSA) is 35.5 Å². The van der Waals surface area contributed by atoms with Crippen molar-refractivity contribution in [2.45, 2.75) is 41.0 Å². The molecule has 3 nitrogen and oxygen atoms in total. The van der Waals surface area contributed by atoms with Crippen LogP contribution in [0.4, 0.5) is 0 Å². The zero-order valence-electron chi connectivity index (χ0n) is 11.8. The largest absolute Gasteiger partial charge is 0.373 e. The molecule has 0 heterocycles. The van der Waals surface area contributed by atoms with Crippen LogP contribution >= 0.6 is 0 Å². The molecular formula is C15H21O3. The van der Waals surface area contributed by atoms with Crippen LogP contribution in [-0.4, -0.2) is 12.6 Å². The van der Waals surface area contributed by atoms with E-state index in [1.165, 1.54) is 5.56 Å². The lowest BCUT2D eigenvalue weighted by molar-refractivity contribution is -0.239. The van der Waals surface area contributed by atoms with Gasteiger partial charge in [0.2, 0.25) is 0 Å². The van der Waals surface area contributed by atoms with Gasteiger partial charge in [-0.25, -0.2) is 4.79 Å². The molecule has 0 aliphatic heterocycles. The van der Waals surface area contributed by atoms with Crippen LogP contribution in [0.5, 0.6) is 0 Å². The normalized spacial score (nSPS) is 10.6. The van der Waals surface area contributed by atoms with Crippen molar-refractivity contribution in [3.63, 3.8) is 0 Å². The minimum Gasteiger partial charge on any atom is -0.293 e. The Morgan fingerprint density at radius 2 is 1.39 bits per heavy atom. The molecule has 0 aliphatic carbocycles. The number of carbonyl (C=O) groups is 1.